The van der Waals surface area contributed by atoms with Gasteiger partial charge in [0.05, 0.1) is 23.6 Å². The summed E-state index contributed by atoms with van der Waals surface area (Å²) >= 11 is 0. The summed E-state index contributed by atoms with van der Waals surface area (Å²) in [5, 5.41) is 14.3. The lowest BCUT2D eigenvalue weighted by Crippen LogP contribution is -2.22. The molecule has 0 radical (unpaired) electrons. The van der Waals surface area contributed by atoms with Crippen LogP contribution in [0.1, 0.15) is 31.2 Å². The van der Waals surface area contributed by atoms with Gasteiger partial charge in [-0.15, -0.1) is 0 Å². The number of benzene rings is 3. The van der Waals surface area contributed by atoms with Crippen molar-refractivity contribution < 1.29 is 34.2 Å². The molecule has 0 spiro atoms. The highest BCUT2D eigenvalue weighted by atomic mass is 19.1. The molecule has 0 aliphatic heterocycles. The summed E-state index contributed by atoms with van der Waals surface area (Å²) in [6.07, 6.45) is 1.06. The molecule has 0 aliphatic carbocycles. The molecule has 4 rings (SSSR count). The van der Waals surface area contributed by atoms with Crippen LogP contribution in [0.25, 0.3) is 10.9 Å². The summed E-state index contributed by atoms with van der Waals surface area (Å²) in [7, 11) is 0. The molecule has 1 N–H and O–H groups in total. The minimum atomic E-state index is -1.05. The molecular formula is C27H23F2N3O7. The van der Waals surface area contributed by atoms with Gasteiger partial charge in [0.2, 0.25) is 17.1 Å². The topological polar surface area (TPSA) is 130 Å². The Morgan fingerprint density at radius 1 is 1.08 bits per heavy atom. The van der Waals surface area contributed by atoms with Crippen LogP contribution in [0.15, 0.2) is 65.6 Å². The standard InChI is InChI=1S/C27H21F2N3O7.H2/c1-3-38-27(35)19-14-31(13-18-20(28)5-4-6-21(18)29)22-11-12-23(25(32(36)37)24(22)26(19)34)39-17-9-7-16(8-10-17)30-15(2)33;/h4-12,14H,3,13H2,1-2H3,(H,30,33);1H. The number of nitro groups is 1. The third kappa shape index (κ3) is 5.59. The summed E-state index contributed by atoms with van der Waals surface area (Å²) in [5.74, 6) is -3.27. The smallest absolute Gasteiger partial charge is 0.343 e. The number of nitrogens with zero attached hydrogens (tertiary/aromatic N) is 2. The molecule has 0 saturated carbocycles. The molecule has 39 heavy (non-hydrogen) atoms. The molecule has 0 unspecified atom stereocenters. The Labute approximate surface area is 221 Å². The van der Waals surface area contributed by atoms with E-state index in [9.17, 15) is 33.3 Å². The van der Waals surface area contributed by atoms with Gasteiger partial charge < -0.3 is 19.4 Å². The average Bonchev–Trinajstić information content (AvgIpc) is 2.88. The van der Waals surface area contributed by atoms with Crippen molar-refractivity contribution in [2.24, 2.45) is 0 Å². The van der Waals surface area contributed by atoms with E-state index in [1.54, 1.807) is 0 Å². The minimum absolute atomic E-state index is 0. The first-order chi connectivity index (χ1) is 18.6. The fraction of sp³-hybridized carbons (Fsp3) is 0.148. The second kappa shape index (κ2) is 11.1. The van der Waals surface area contributed by atoms with Crippen molar-refractivity contribution in [2.45, 2.75) is 20.4 Å². The van der Waals surface area contributed by atoms with Crippen LogP contribution in [-0.4, -0.2) is 28.0 Å². The predicted molar refractivity (Wildman–Crippen MR) is 139 cm³/mol. The first-order valence-corrected chi connectivity index (χ1v) is 11.6. The number of esters is 1. The van der Waals surface area contributed by atoms with E-state index in [-0.39, 0.29) is 36.5 Å². The van der Waals surface area contributed by atoms with Gasteiger partial charge in [0, 0.05) is 25.8 Å². The van der Waals surface area contributed by atoms with E-state index in [2.05, 4.69) is 5.32 Å². The number of hydrogen-bond donors (Lipinski definition) is 1. The third-order valence-electron chi connectivity index (χ3n) is 5.66. The van der Waals surface area contributed by atoms with Crippen LogP contribution in [0.3, 0.4) is 0 Å². The maximum Gasteiger partial charge on any atom is 0.343 e. The van der Waals surface area contributed by atoms with E-state index >= 15 is 0 Å². The van der Waals surface area contributed by atoms with Gasteiger partial charge in [0.15, 0.2) is 0 Å². The van der Waals surface area contributed by atoms with E-state index in [4.69, 9.17) is 9.47 Å². The Bertz CT molecular complexity index is 1650. The van der Waals surface area contributed by atoms with Crippen LogP contribution in [-0.2, 0) is 16.1 Å². The number of nitro benzene ring substituents is 1. The second-order valence-electron chi connectivity index (χ2n) is 8.29. The molecule has 202 valence electrons. The number of hydrogen-bond acceptors (Lipinski definition) is 7. The zero-order valence-corrected chi connectivity index (χ0v) is 20.7. The van der Waals surface area contributed by atoms with Gasteiger partial charge in [-0.2, -0.15) is 0 Å². The molecule has 12 heteroatoms. The maximum atomic E-state index is 14.4. The third-order valence-corrected chi connectivity index (χ3v) is 5.66. The summed E-state index contributed by atoms with van der Waals surface area (Å²) < 4.78 is 40.7. The number of amides is 1. The molecule has 0 aliphatic rings. The molecular weight excluding hydrogens is 516 g/mol. The lowest BCUT2D eigenvalue weighted by molar-refractivity contribution is -0.383. The lowest BCUT2D eigenvalue weighted by Gasteiger charge is -2.16. The molecule has 0 fully saturated rings. The summed E-state index contributed by atoms with van der Waals surface area (Å²) in [4.78, 5) is 48.6. The number of ether oxygens (including phenoxy) is 2. The van der Waals surface area contributed by atoms with Crippen LogP contribution in [0.4, 0.5) is 20.2 Å². The zero-order valence-electron chi connectivity index (χ0n) is 20.7. The molecule has 1 aromatic heterocycles. The van der Waals surface area contributed by atoms with E-state index in [0.717, 1.165) is 18.3 Å². The minimum Gasteiger partial charge on any atom is -0.462 e. The average molecular weight is 539 g/mol. The number of aromatic nitrogens is 1. The molecule has 10 nitrogen and oxygen atoms in total. The SMILES string of the molecule is CCOC(=O)c1cn(Cc2c(F)cccc2F)c2ccc(Oc3ccc(NC(C)=O)cc3)c([N+](=O)[O-])c2c1=O.[HH]. The van der Waals surface area contributed by atoms with Crippen LogP contribution < -0.4 is 15.5 Å². The van der Waals surface area contributed by atoms with Crippen molar-refractivity contribution in [3.05, 3.63) is 104 Å². The number of pyridine rings is 1. The lowest BCUT2D eigenvalue weighted by atomic mass is 10.1. The Morgan fingerprint density at radius 2 is 1.74 bits per heavy atom. The van der Waals surface area contributed by atoms with Gasteiger partial charge in [0.25, 0.3) is 0 Å². The van der Waals surface area contributed by atoms with Crippen molar-refractivity contribution in [1.29, 1.82) is 0 Å². The normalized spacial score (nSPS) is 10.8. The number of carbonyl (C=O) groups is 2. The van der Waals surface area contributed by atoms with Crippen molar-refractivity contribution in [3.8, 4) is 11.5 Å². The molecule has 4 aromatic rings. The highest BCUT2D eigenvalue weighted by molar-refractivity contribution is 5.98. The highest BCUT2D eigenvalue weighted by Gasteiger charge is 2.28. The fourth-order valence-electron chi connectivity index (χ4n) is 3.98. The maximum absolute atomic E-state index is 14.4. The van der Waals surface area contributed by atoms with Gasteiger partial charge in [-0.3, -0.25) is 19.7 Å². The van der Waals surface area contributed by atoms with Crippen LogP contribution >= 0.6 is 0 Å². The van der Waals surface area contributed by atoms with Crippen molar-refractivity contribution in [1.82, 2.24) is 4.57 Å². The van der Waals surface area contributed by atoms with E-state index in [1.165, 1.54) is 60.9 Å². The Balaban J connectivity index is 0.00000441. The van der Waals surface area contributed by atoms with Gasteiger partial charge >= 0.3 is 11.7 Å². The second-order valence-corrected chi connectivity index (χ2v) is 8.29. The van der Waals surface area contributed by atoms with E-state index in [1.807, 2.05) is 0 Å². The number of fused-ring (bicyclic) bond motifs is 1. The molecule has 0 atom stereocenters. The number of halogens is 2. The van der Waals surface area contributed by atoms with E-state index in [0.29, 0.717) is 5.69 Å². The summed E-state index contributed by atoms with van der Waals surface area (Å²) in [6, 6.07) is 11.7. The molecule has 1 heterocycles. The first-order valence-electron chi connectivity index (χ1n) is 11.6. The Hall–Kier alpha value is -5.13. The van der Waals surface area contributed by atoms with Gasteiger partial charge in [-0.25, -0.2) is 13.6 Å². The summed E-state index contributed by atoms with van der Waals surface area (Å²) in [5.41, 5.74) is -2.29. The number of rotatable bonds is 8. The van der Waals surface area contributed by atoms with Crippen molar-refractivity contribution in [3.63, 3.8) is 0 Å². The van der Waals surface area contributed by atoms with Crippen LogP contribution in [0, 0.1) is 21.7 Å². The van der Waals surface area contributed by atoms with Crippen molar-refractivity contribution >= 4 is 34.2 Å². The number of carbonyl (C=O) groups excluding carboxylic acids is 2. The zero-order chi connectivity index (χ0) is 28.3. The molecule has 0 saturated heterocycles. The highest BCUT2D eigenvalue weighted by Crippen LogP contribution is 2.37. The first kappa shape index (κ1) is 26.9. The van der Waals surface area contributed by atoms with Crippen LogP contribution in [0.5, 0.6) is 11.5 Å². The Kier molecular flexibility index (Phi) is 7.65. The monoisotopic (exact) mass is 539 g/mol. The number of anilines is 1. The summed E-state index contributed by atoms with van der Waals surface area (Å²) in [6.45, 7) is 2.28. The predicted octanol–water partition coefficient (Wildman–Crippen LogP) is 5.41. The molecule has 1 amide bonds. The van der Waals surface area contributed by atoms with Gasteiger partial charge in [-0.05, 0) is 55.5 Å². The quantitative estimate of drug-likeness (QED) is 0.180. The van der Waals surface area contributed by atoms with E-state index < -0.39 is 51.1 Å². The largest absolute Gasteiger partial charge is 0.462 e. The van der Waals surface area contributed by atoms with Gasteiger partial charge in [-0.1, -0.05) is 6.07 Å². The van der Waals surface area contributed by atoms with Crippen LogP contribution in [0.2, 0.25) is 0 Å². The van der Waals surface area contributed by atoms with Crippen molar-refractivity contribution in [2.75, 3.05) is 11.9 Å². The Morgan fingerprint density at radius 3 is 2.33 bits per heavy atom. The molecule has 0 bridgehead atoms. The van der Waals surface area contributed by atoms with Gasteiger partial charge in [0.1, 0.15) is 28.3 Å². The number of nitrogens with one attached hydrogen (secondary N) is 1. The fourth-order valence-corrected chi connectivity index (χ4v) is 3.98. The molecule has 3 aromatic carbocycles.